The van der Waals surface area contributed by atoms with Crippen molar-refractivity contribution in [1.82, 2.24) is 15.5 Å². The number of aromatic nitrogens is 2. The Balaban J connectivity index is 1.67. The van der Waals surface area contributed by atoms with Crippen molar-refractivity contribution >= 4 is 0 Å². The van der Waals surface area contributed by atoms with Crippen LogP contribution in [-0.4, -0.2) is 16.7 Å². The highest BCUT2D eigenvalue weighted by Gasteiger charge is 2.14. The average Bonchev–Trinajstić information content (AvgIpc) is 3.05. The highest BCUT2D eigenvalue weighted by atomic mass is 16.5. The van der Waals surface area contributed by atoms with Crippen LogP contribution in [0.4, 0.5) is 0 Å². The molecule has 0 radical (unpaired) electrons. The first-order valence-electron chi connectivity index (χ1n) is 6.07. The third-order valence-corrected chi connectivity index (χ3v) is 3.19. The van der Waals surface area contributed by atoms with Crippen LogP contribution in [-0.2, 0) is 13.0 Å². The zero-order valence-electron chi connectivity index (χ0n) is 10.2. The first kappa shape index (κ1) is 11.2. The van der Waals surface area contributed by atoms with Gasteiger partial charge in [0.1, 0.15) is 5.75 Å². The van der Waals surface area contributed by atoms with Gasteiger partial charge in [-0.1, -0.05) is 17.3 Å². The fraction of sp³-hybridized carbons (Fsp3) is 0.385. The van der Waals surface area contributed by atoms with Crippen molar-refractivity contribution in [3.05, 3.63) is 41.5 Å². The topological polar surface area (TPSA) is 60.2 Å². The molecule has 0 spiro atoms. The zero-order valence-corrected chi connectivity index (χ0v) is 10.2. The second kappa shape index (κ2) is 4.78. The van der Waals surface area contributed by atoms with E-state index >= 15 is 0 Å². The predicted molar refractivity (Wildman–Crippen MR) is 65.2 cm³/mol. The van der Waals surface area contributed by atoms with Crippen LogP contribution in [0.1, 0.15) is 29.9 Å². The third-order valence-electron chi connectivity index (χ3n) is 3.19. The van der Waals surface area contributed by atoms with Gasteiger partial charge in [0.25, 0.3) is 0 Å². The molecular weight excluding hydrogens is 230 g/mol. The maximum Gasteiger partial charge on any atom is 0.213 e. The van der Waals surface area contributed by atoms with Gasteiger partial charge in [-0.05, 0) is 24.1 Å². The smallest absolute Gasteiger partial charge is 0.213 e. The SMILES string of the molecule is CC(NCc1ncon1)c1ccc2c(c1)CCO2. The Morgan fingerprint density at radius 3 is 3.22 bits per heavy atom. The summed E-state index contributed by atoms with van der Waals surface area (Å²) in [5.74, 6) is 1.69. The molecule has 5 nitrogen and oxygen atoms in total. The summed E-state index contributed by atoms with van der Waals surface area (Å²) in [6, 6.07) is 6.59. The van der Waals surface area contributed by atoms with Gasteiger partial charge >= 0.3 is 0 Å². The van der Waals surface area contributed by atoms with Crippen molar-refractivity contribution in [3.8, 4) is 5.75 Å². The minimum absolute atomic E-state index is 0.245. The highest BCUT2D eigenvalue weighted by Crippen LogP contribution is 2.28. The maximum absolute atomic E-state index is 5.50. The van der Waals surface area contributed by atoms with Crippen LogP contribution in [0.15, 0.2) is 29.1 Å². The lowest BCUT2D eigenvalue weighted by atomic mass is 10.0. The first-order valence-corrected chi connectivity index (χ1v) is 6.07. The lowest BCUT2D eigenvalue weighted by molar-refractivity contribution is 0.356. The van der Waals surface area contributed by atoms with Crippen molar-refractivity contribution in [2.75, 3.05) is 6.61 Å². The molecule has 1 aromatic carbocycles. The molecule has 1 aliphatic heterocycles. The van der Waals surface area contributed by atoms with Crippen molar-refractivity contribution in [3.63, 3.8) is 0 Å². The Morgan fingerprint density at radius 1 is 1.44 bits per heavy atom. The van der Waals surface area contributed by atoms with Crippen LogP contribution < -0.4 is 10.1 Å². The van der Waals surface area contributed by atoms with E-state index in [-0.39, 0.29) is 6.04 Å². The van der Waals surface area contributed by atoms with Gasteiger partial charge in [0.15, 0.2) is 5.82 Å². The monoisotopic (exact) mass is 245 g/mol. The van der Waals surface area contributed by atoms with Gasteiger partial charge in [-0.15, -0.1) is 0 Å². The fourth-order valence-electron chi connectivity index (χ4n) is 2.11. The summed E-state index contributed by atoms with van der Waals surface area (Å²) in [5, 5.41) is 7.14. The van der Waals surface area contributed by atoms with Crippen molar-refractivity contribution in [2.45, 2.75) is 25.9 Å². The third kappa shape index (κ3) is 2.22. The lowest BCUT2D eigenvalue weighted by Gasteiger charge is -2.13. The largest absolute Gasteiger partial charge is 0.493 e. The normalized spacial score (nSPS) is 15.2. The molecule has 0 aliphatic carbocycles. The summed E-state index contributed by atoms with van der Waals surface area (Å²) >= 11 is 0. The van der Waals surface area contributed by atoms with Gasteiger partial charge in [0.05, 0.1) is 13.2 Å². The van der Waals surface area contributed by atoms with Gasteiger partial charge < -0.3 is 14.6 Å². The second-order valence-electron chi connectivity index (χ2n) is 4.42. The molecule has 2 aromatic rings. The summed E-state index contributed by atoms with van der Waals surface area (Å²) in [4.78, 5) is 3.98. The molecule has 5 heteroatoms. The molecule has 0 fully saturated rings. The van der Waals surface area contributed by atoms with Crippen LogP contribution in [0.3, 0.4) is 0 Å². The highest BCUT2D eigenvalue weighted by molar-refractivity contribution is 5.40. The van der Waals surface area contributed by atoms with E-state index in [0.717, 1.165) is 18.8 Å². The van der Waals surface area contributed by atoms with Gasteiger partial charge in [0.2, 0.25) is 6.39 Å². The quantitative estimate of drug-likeness (QED) is 0.890. The molecule has 1 aromatic heterocycles. The van der Waals surface area contributed by atoms with Gasteiger partial charge in [0, 0.05) is 12.5 Å². The number of benzene rings is 1. The van der Waals surface area contributed by atoms with E-state index < -0.39 is 0 Å². The van der Waals surface area contributed by atoms with E-state index in [2.05, 4.69) is 34.5 Å². The molecule has 1 unspecified atom stereocenters. The molecular formula is C13H15N3O2. The summed E-state index contributed by atoms with van der Waals surface area (Å²) in [5.41, 5.74) is 2.54. The average molecular weight is 245 g/mol. The Labute approximate surface area is 105 Å². The maximum atomic E-state index is 5.50. The standard InChI is InChI=1S/C13H15N3O2/c1-9(14-7-13-15-8-18-16-13)10-2-3-12-11(6-10)4-5-17-12/h2-3,6,8-9,14H,4-5,7H2,1H3. The molecule has 0 amide bonds. The molecule has 0 bridgehead atoms. The molecule has 18 heavy (non-hydrogen) atoms. The lowest BCUT2D eigenvalue weighted by Crippen LogP contribution is -2.18. The predicted octanol–water partition coefficient (Wildman–Crippen LogP) is 1.86. The number of nitrogens with zero attached hydrogens (tertiary/aromatic N) is 2. The number of ether oxygens (including phenoxy) is 1. The minimum Gasteiger partial charge on any atom is -0.493 e. The number of hydrogen-bond acceptors (Lipinski definition) is 5. The minimum atomic E-state index is 0.245. The number of nitrogens with one attached hydrogen (secondary N) is 1. The van der Waals surface area contributed by atoms with Crippen LogP contribution in [0.5, 0.6) is 5.75 Å². The Hall–Kier alpha value is -1.88. The van der Waals surface area contributed by atoms with Gasteiger partial charge in [-0.25, -0.2) is 0 Å². The Morgan fingerprint density at radius 2 is 2.39 bits per heavy atom. The summed E-state index contributed by atoms with van der Waals surface area (Å²) in [7, 11) is 0. The van der Waals surface area contributed by atoms with E-state index in [1.165, 1.54) is 17.5 Å². The summed E-state index contributed by atoms with van der Waals surface area (Å²) < 4.78 is 10.2. The molecule has 1 N–H and O–H groups in total. The van der Waals surface area contributed by atoms with Crippen LogP contribution >= 0.6 is 0 Å². The number of rotatable bonds is 4. The number of hydrogen-bond donors (Lipinski definition) is 1. The first-order chi connectivity index (χ1) is 8.83. The molecule has 3 rings (SSSR count). The Kier molecular flexibility index (Phi) is 2.98. The Bertz CT molecular complexity index is 525. The summed E-state index contributed by atoms with van der Waals surface area (Å²) in [6.07, 6.45) is 2.34. The van der Waals surface area contributed by atoms with Gasteiger partial charge in [-0.2, -0.15) is 4.98 Å². The van der Waals surface area contributed by atoms with Crippen molar-refractivity contribution < 1.29 is 9.26 Å². The molecule has 94 valence electrons. The van der Waals surface area contributed by atoms with Crippen molar-refractivity contribution in [2.24, 2.45) is 0 Å². The molecule has 0 saturated heterocycles. The van der Waals surface area contributed by atoms with Gasteiger partial charge in [-0.3, -0.25) is 0 Å². The van der Waals surface area contributed by atoms with E-state index in [1.54, 1.807) is 0 Å². The second-order valence-corrected chi connectivity index (χ2v) is 4.42. The molecule has 1 aliphatic rings. The van der Waals surface area contributed by atoms with Crippen LogP contribution in [0.2, 0.25) is 0 Å². The van der Waals surface area contributed by atoms with E-state index in [9.17, 15) is 0 Å². The van der Waals surface area contributed by atoms with E-state index in [0.29, 0.717) is 12.4 Å². The van der Waals surface area contributed by atoms with Crippen molar-refractivity contribution in [1.29, 1.82) is 0 Å². The fourth-order valence-corrected chi connectivity index (χ4v) is 2.11. The summed E-state index contributed by atoms with van der Waals surface area (Å²) in [6.45, 7) is 3.52. The van der Waals surface area contributed by atoms with E-state index in [4.69, 9.17) is 9.26 Å². The number of fused-ring (bicyclic) bond motifs is 1. The molecule has 0 saturated carbocycles. The molecule has 1 atom stereocenters. The van der Waals surface area contributed by atoms with E-state index in [1.807, 2.05) is 6.07 Å². The van der Waals surface area contributed by atoms with Crippen LogP contribution in [0, 0.1) is 0 Å². The van der Waals surface area contributed by atoms with Crippen LogP contribution in [0.25, 0.3) is 0 Å². The zero-order chi connectivity index (χ0) is 12.4. The molecule has 2 heterocycles.